The Morgan fingerprint density at radius 2 is 1.26 bits per heavy atom. The van der Waals surface area contributed by atoms with Gasteiger partial charge in [-0.05, 0) is 31.3 Å². The first kappa shape index (κ1) is 30.9. The molecule has 198 valence electrons. The molecule has 0 saturated carbocycles. The van der Waals surface area contributed by atoms with E-state index in [1.54, 1.807) is 27.8 Å². The van der Waals surface area contributed by atoms with Gasteiger partial charge < -0.3 is 10.4 Å². The van der Waals surface area contributed by atoms with Crippen LogP contribution in [0.25, 0.3) is 0 Å². The third-order valence-electron chi connectivity index (χ3n) is 6.75. The summed E-state index contributed by atoms with van der Waals surface area (Å²) in [6.07, 6.45) is 17.5. The van der Waals surface area contributed by atoms with E-state index in [1.165, 1.54) is 75.3 Å². The number of nitrogens with zero attached hydrogens (tertiary/aromatic N) is 2. The summed E-state index contributed by atoms with van der Waals surface area (Å²) in [5.41, 5.74) is -0.154. The van der Waals surface area contributed by atoms with Gasteiger partial charge in [-0.1, -0.05) is 84.0 Å². The number of nitrogens with one attached hydrogen (secondary N) is 1. The van der Waals surface area contributed by atoms with Gasteiger partial charge in [-0.15, -0.1) is 0 Å². The highest BCUT2D eigenvalue weighted by Crippen LogP contribution is 2.41. The molecule has 1 aromatic heterocycles. The number of rotatable bonds is 19. The van der Waals surface area contributed by atoms with Gasteiger partial charge in [-0.25, -0.2) is 0 Å². The molecule has 8 heteroatoms. The predicted molar refractivity (Wildman–Crippen MR) is 143 cm³/mol. The van der Waals surface area contributed by atoms with E-state index in [2.05, 4.69) is 12.2 Å². The Hall–Kier alpha value is -1.17. The molecule has 2 atom stereocenters. The van der Waals surface area contributed by atoms with Crippen LogP contribution in [0.3, 0.4) is 0 Å². The second kappa shape index (κ2) is 15.1. The third-order valence-corrected chi connectivity index (χ3v) is 7.86. The van der Waals surface area contributed by atoms with Gasteiger partial charge in [0, 0.05) is 27.4 Å². The second-order valence-electron chi connectivity index (χ2n) is 10.8. The summed E-state index contributed by atoms with van der Waals surface area (Å²) >= 11 is 0. The molecule has 1 heterocycles. The molecule has 0 bridgehead atoms. The SMILES string of the molecule is CCCCCCCCCCCCCCCc1c(NC(C)(CC(C)(C)O)[P+](=O)O)c(=O)n(C)n1C. The average molecular weight is 501 g/mol. The van der Waals surface area contributed by atoms with E-state index in [4.69, 9.17) is 0 Å². The summed E-state index contributed by atoms with van der Waals surface area (Å²) in [6, 6.07) is 0. The van der Waals surface area contributed by atoms with Crippen LogP contribution in [0.5, 0.6) is 0 Å². The lowest BCUT2D eigenvalue weighted by Crippen LogP contribution is -2.40. The Balaban J connectivity index is 2.52. The molecule has 0 radical (unpaired) electrons. The van der Waals surface area contributed by atoms with Gasteiger partial charge in [0.2, 0.25) is 0 Å². The zero-order valence-corrected chi connectivity index (χ0v) is 23.6. The van der Waals surface area contributed by atoms with Crippen molar-refractivity contribution in [2.75, 3.05) is 5.32 Å². The fourth-order valence-corrected chi connectivity index (χ4v) is 5.49. The van der Waals surface area contributed by atoms with Gasteiger partial charge in [0.05, 0.1) is 11.3 Å². The van der Waals surface area contributed by atoms with Crippen molar-refractivity contribution in [2.45, 2.75) is 135 Å². The fourth-order valence-electron chi connectivity index (χ4n) is 4.76. The maximum atomic E-state index is 12.9. The number of aromatic nitrogens is 2. The van der Waals surface area contributed by atoms with E-state index in [0.29, 0.717) is 5.69 Å². The Kier molecular flexibility index (Phi) is 13.7. The molecule has 0 aliphatic heterocycles. The minimum atomic E-state index is -2.67. The van der Waals surface area contributed by atoms with E-state index < -0.39 is 18.9 Å². The summed E-state index contributed by atoms with van der Waals surface area (Å²) in [5, 5.41) is 12.0. The molecule has 1 aromatic rings. The molecule has 0 saturated heterocycles. The van der Waals surface area contributed by atoms with Crippen LogP contribution in [0.15, 0.2) is 4.79 Å². The van der Waals surface area contributed by atoms with Crippen LogP contribution in [-0.4, -0.2) is 30.2 Å². The molecule has 0 aliphatic carbocycles. The van der Waals surface area contributed by atoms with Gasteiger partial charge in [0.15, 0.2) is 0 Å². The molecule has 0 spiro atoms. The summed E-state index contributed by atoms with van der Waals surface area (Å²) < 4.78 is 15.5. The van der Waals surface area contributed by atoms with Crippen molar-refractivity contribution in [2.24, 2.45) is 14.1 Å². The van der Waals surface area contributed by atoms with Crippen LogP contribution in [0.2, 0.25) is 0 Å². The van der Waals surface area contributed by atoms with E-state index in [-0.39, 0.29) is 12.0 Å². The Labute approximate surface area is 208 Å². The molecule has 2 unspecified atom stereocenters. The van der Waals surface area contributed by atoms with Gasteiger partial charge >= 0.3 is 8.03 Å². The van der Waals surface area contributed by atoms with Gasteiger partial charge in [0.1, 0.15) is 5.69 Å². The highest BCUT2D eigenvalue weighted by molar-refractivity contribution is 7.40. The van der Waals surface area contributed by atoms with E-state index in [0.717, 1.165) is 25.0 Å². The molecule has 0 fully saturated rings. The van der Waals surface area contributed by atoms with Gasteiger partial charge in [0.25, 0.3) is 10.8 Å². The van der Waals surface area contributed by atoms with E-state index in [1.807, 2.05) is 11.7 Å². The lowest BCUT2D eigenvalue weighted by Gasteiger charge is -2.26. The summed E-state index contributed by atoms with van der Waals surface area (Å²) in [6.45, 7) is 7.05. The second-order valence-corrected chi connectivity index (χ2v) is 12.4. The van der Waals surface area contributed by atoms with Crippen molar-refractivity contribution in [1.29, 1.82) is 0 Å². The molecule has 34 heavy (non-hydrogen) atoms. The maximum absolute atomic E-state index is 12.9. The Bertz CT molecular complexity index is 797. The monoisotopic (exact) mass is 500 g/mol. The first-order valence-electron chi connectivity index (χ1n) is 13.3. The highest BCUT2D eigenvalue weighted by atomic mass is 31.1. The van der Waals surface area contributed by atoms with Crippen LogP contribution in [0.4, 0.5) is 5.69 Å². The lowest BCUT2D eigenvalue weighted by atomic mass is 9.99. The first-order chi connectivity index (χ1) is 15.9. The number of hydrogen-bond donors (Lipinski definition) is 3. The largest absolute Gasteiger partial charge is 0.533 e. The third kappa shape index (κ3) is 10.6. The van der Waals surface area contributed by atoms with Gasteiger partial charge in [-0.2, -0.15) is 4.89 Å². The molecule has 7 nitrogen and oxygen atoms in total. The normalized spacial score (nSPS) is 14.3. The smallest absolute Gasteiger partial charge is 0.390 e. The summed E-state index contributed by atoms with van der Waals surface area (Å²) in [7, 11) is 0.876. The van der Waals surface area contributed by atoms with Crippen molar-refractivity contribution >= 4 is 13.7 Å². The minimum absolute atomic E-state index is 0.0436. The molecule has 1 rings (SSSR count). The quantitative estimate of drug-likeness (QED) is 0.151. The molecule has 3 N–H and O–H groups in total. The lowest BCUT2D eigenvalue weighted by molar-refractivity contribution is 0.0617. The predicted octanol–water partition coefficient (Wildman–Crippen LogP) is 6.38. The van der Waals surface area contributed by atoms with Crippen LogP contribution in [-0.2, 0) is 25.1 Å². The van der Waals surface area contributed by atoms with Crippen LogP contribution >= 0.6 is 8.03 Å². The molecular formula is C26H51N3O4P+. The summed E-state index contributed by atoms with van der Waals surface area (Å²) in [5.74, 6) is 0. The number of aliphatic hydroxyl groups is 1. The highest BCUT2D eigenvalue weighted by Gasteiger charge is 2.49. The number of unbranched alkanes of at least 4 members (excludes halogenated alkanes) is 12. The first-order valence-corrected chi connectivity index (χ1v) is 14.6. The molecular weight excluding hydrogens is 449 g/mol. The number of anilines is 1. The van der Waals surface area contributed by atoms with Crippen molar-refractivity contribution in [3.8, 4) is 0 Å². The van der Waals surface area contributed by atoms with Crippen LogP contribution in [0, 0.1) is 0 Å². The minimum Gasteiger partial charge on any atom is -0.390 e. The van der Waals surface area contributed by atoms with Gasteiger partial charge in [-0.3, -0.25) is 14.2 Å². The van der Waals surface area contributed by atoms with Crippen molar-refractivity contribution < 1.29 is 14.6 Å². The zero-order valence-electron chi connectivity index (χ0n) is 22.7. The average Bonchev–Trinajstić information content (AvgIpc) is 2.93. The molecule has 0 aliphatic rings. The van der Waals surface area contributed by atoms with Crippen molar-refractivity contribution in [1.82, 2.24) is 9.36 Å². The van der Waals surface area contributed by atoms with Crippen LogP contribution in [0.1, 0.15) is 123 Å². The number of hydrogen-bond acceptors (Lipinski definition) is 4. The van der Waals surface area contributed by atoms with Crippen LogP contribution < -0.4 is 10.9 Å². The standard InChI is InChI=1S/C26H50N3O4P/c1-7-8-9-10-11-12-13-14-15-16-17-18-19-20-22-23(24(30)29(6)28(22)5)27-26(4,34(32)33)21-25(2,3)31/h27,31H,7-21H2,1-6H3/p+1. The van der Waals surface area contributed by atoms with E-state index >= 15 is 0 Å². The Morgan fingerprint density at radius 1 is 0.824 bits per heavy atom. The zero-order chi connectivity index (χ0) is 25.8. The summed E-state index contributed by atoms with van der Waals surface area (Å²) in [4.78, 5) is 22.8. The Morgan fingerprint density at radius 3 is 1.68 bits per heavy atom. The fraction of sp³-hybridized carbons (Fsp3) is 0.885. The van der Waals surface area contributed by atoms with Crippen molar-refractivity contribution in [3.05, 3.63) is 16.0 Å². The van der Waals surface area contributed by atoms with E-state index in [9.17, 15) is 19.4 Å². The maximum Gasteiger partial charge on any atom is 0.533 e. The topological polar surface area (TPSA) is 96.5 Å². The molecule has 0 aromatic carbocycles. The molecule has 0 amide bonds. The van der Waals surface area contributed by atoms with Crippen molar-refractivity contribution in [3.63, 3.8) is 0 Å².